The molecular weight excluding hydrogens is 304 g/mol. The molecule has 1 fully saturated rings. The fourth-order valence-corrected chi connectivity index (χ4v) is 2.93. The number of benzene rings is 1. The van der Waals surface area contributed by atoms with Crippen molar-refractivity contribution in [2.24, 2.45) is 0 Å². The van der Waals surface area contributed by atoms with Gasteiger partial charge in [-0.25, -0.2) is 0 Å². The van der Waals surface area contributed by atoms with Crippen molar-refractivity contribution < 1.29 is 4.79 Å². The maximum Gasteiger partial charge on any atom is 0.253 e. The number of likely N-dealkylation sites (tertiary alicyclic amines) is 1. The molecule has 0 aromatic heterocycles. The van der Waals surface area contributed by atoms with Crippen LogP contribution in [0.5, 0.6) is 0 Å². The Morgan fingerprint density at radius 2 is 2.26 bits per heavy atom. The Morgan fingerprint density at radius 3 is 2.84 bits per heavy atom. The van der Waals surface area contributed by atoms with Gasteiger partial charge in [0.1, 0.15) is 0 Å². The quantitative estimate of drug-likeness (QED) is 0.853. The molecule has 1 saturated heterocycles. The first kappa shape index (κ1) is 14.5. The summed E-state index contributed by atoms with van der Waals surface area (Å²) in [5.41, 5.74) is 1.90. The third kappa shape index (κ3) is 3.37. The number of carbonyl (C=O) groups is 1. The molecule has 19 heavy (non-hydrogen) atoms. The fraction of sp³-hybridized carbons (Fsp3) is 0.533. The molecule has 4 heteroatoms. The van der Waals surface area contributed by atoms with Gasteiger partial charge in [0, 0.05) is 29.7 Å². The number of carbonyl (C=O) groups excluding carboxylic acids is 1. The summed E-state index contributed by atoms with van der Waals surface area (Å²) < 4.78 is 0.990. The second kappa shape index (κ2) is 6.06. The summed E-state index contributed by atoms with van der Waals surface area (Å²) in [6, 6.07) is 6.29. The van der Waals surface area contributed by atoms with Crippen molar-refractivity contribution in [2.45, 2.75) is 25.8 Å². The van der Waals surface area contributed by atoms with Gasteiger partial charge >= 0.3 is 0 Å². The molecule has 104 valence electrons. The molecule has 1 atom stereocenters. The molecule has 2 rings (SSSR count). The van der Waals surface area contributed by atoms with E-state index >= 15 is 0 Å². The van der Waals surface area contributed by atoms with Crippen LogP contribution in [-0.4, -0.2) is 48.9 Å². The van der Waals surface area contributed by atoms with Crippen LogP contribution >= 0.6 is 15.9 Å². The average molecular weight is 325 g/mol. The largest absolute Gasteiger partial charge is 0.340 e. The third-order valence-electron chi connectivity index (χ3n) is 3.92. The van der Waals surface area contributed by atoms with E-state index in [1.165, 1.54) is 12.8 Å². The van der Waals surface area contributed by atoms with E-state index in [4.69, 9.17) is 0 Å². The molecule has 0 N–H and O–H groups in total. The number of hydrogen-bond acceptors (Lipinski definition) is 2. The smallest absolute Gasteiger partial charge is 0.253 e. The number of rotatable bonds is 3. The molecule has 1 amide bonds. The lowest BCUT2D eigenvalue weighted by atomic mass is 10.1. The first-order chi connectivity index (χ1) is 8.99. The Balaban J connectivity index is 2.03. The number of amides is 1. The van der Waals surface area contributed by atoms with Crippen molar-refractivity contribution >= 4 is 21.8 Å². The van der Waals surface area contributed by atoms with Gasteiger partial charge in [-0.15, -0.1) is 0 Å². The van der Waals surface area contributed by atoms with Crippen LogP contribution < -0.4 is 0 Å². The molecule has 1 aliphatic rings. The SMILES string of the molecule is Cc1ccc(C(=O)N(C)CC2CCCN2C)cc1Br. The van der Waals surface area contributed by atoms with Crippen LogP contribution in [0.4, 0.5) is 0 Å². The normalized spacial score (nSPS) is 19.7. The lowest BCUT2D eigenvalue weighted by molar-refractivity contribution is 0.0761. The van der Waals surface area contributed by atoms with Gasteiger partial charge in [0.15, 0.2) is 0 Å². The molecule has 0 saturated carbocycles. The molecule has 0 spiro atoms. The summed E-state index contributed by atoms with van der Waals surface area (Å²) in [6.07, 6.45) is 2.42. The van der Waals surface area contributed by atoms with E-state index < -0.39 is 0 Å². The predicted octanol–water partition coefficient (Wildman–Crippen LogP) is 2.92. The lowest BCUT2D eigenvalue weighted by Gasteiger charge is -2.26. The number of hydrogen-bond donors (Lipinski definition) is 0. The average Bonchev–Trinajstić information content (AvgIpc) is 2.77. The molecule has 0 bridgehead atoms. The van der Waals surface area contributed by atoms with E-state index in [9.17, 15) is 4.79 Å². The van der Waals surface area contributed by atoms with E-state index in [1.54, 1.807) is 0 Å². The van der Waals surface area contributed by atoms with Gasteiger partial charge in [-0.3, -0.25) is 4.79 Å². The Labute approximate surface area is 123 Å². The van der Waals surface area contributed by atoms with Crippen LogP contribution in [0.25, 0.3) is 0 Å². The zero-order valence-electron chi connectivity index (χ0n) is 11.8. The maximum atomic E-state index is 12.4. The summed E-state index contributed by atoms with van der Waals surface area (Å²) >= 11 is 3.48. The van der Waals surface area contributed by atoms with Gasteiger partial charge in [0.2, 0.25) is 0 Å². The predicted molar refractivity (Wildman–Crippen MR) is 81.5 cm³/mol. The van der Waals surface area contributed by atoms with E-state index in [0.29, 0.717) is 6.04 Å². The monoisotopic (exact) mass is 324 g/mol. The topological polar surface area (TPSA) is 23.6 Å². The van der Waals surface area contributed by atoms with E-state index in [-0.39, 0.29) is 5.91 Å². The molecule has 0 aliphatic carbocycles. The van der Waals surface area contributed by atoms with E-state index in [2.05, 4.69) is 27.9 Å². The lowest BCUT2D eigenvalue weighted by Crippen LogP contribution is -2.39. The molecule has 1 unspecified atom stereocenters. The van der Waals surface area contributed by atoms with Crippen molar-refractivity contribution in [3.05, 3.63) is 33.8 Å². The first-order valence-corrected chi connectivity index (χ1v) is 7.50. The van der Waals surface area contributed by atoms with Gasteiger partial charge in [-0.05, 0) is 51.1 Å². The van der Waals surface area contributed by atoms with Crippen LogP contribution in [0.15, 0.2) is 22.7 Å². The second-order valence-electron chi connectivity index (χ2n) is 5.43. The van der Waals surface area contributed by atoms with Crippen LogP contribution in [0.1, 0.15) is 28.8 Å². The minimum atomic E-state index is 0.0981. The van der Waals surface area contributed by atoms with Crippen molar-refractivity contribution in [3.63, 3.8) is 0 Å². The molecular formula is C15H21BrN2O. The highest BCUT2D eigenvalue weighted by molar-refractivity contribution is 9.10. The van der Waals surface area contributed by atoms with Crippen molar-refractivity contribution in [1.29, 1.82) is 0 Å². The van der Waals surface area contributed by atoms with Gasteiger partial charge in [-0.2, -0.15) is 0 Å². The summed E-state index contributed by atoms with van der Waals surface area (Å²) in [4.78, 5) is 16.6. The van der Waals surface area contributed by atoms with Crippen LogP contribution in [0.2, 0.25) is 0 Å². The number of nitrogens with zero attached hydrogens (tertiary/aromatic N) is 2. The van der Waals surface area contributed by atoms with Crippen LogP contribution in [-0.2, 0) is 0 Å². The second-order valence-corrected chi connectivity index (χ2v) is 6.28. The van der Waals surface area contributed by atoms with Crippen molar-refractivity contribution in [1.82, 2.24) is 9.80 Å². The summed E-state index contributed by atoms with van der Waals surface area (Å²) in [5, 5.41) is 0. The Hall–Kier alpha value is -0.870. The summed E-state index contributed by atoms with van der Waals surface area (Å²) in [6.45, 7) is 3.97. The number of aryl methyl sites for hydroxylation is 1. The van der Waals surface area contributed by atoms with E-state index in [0.717, 1.165) is 28.7 Å². The van der Waals surface area contributed by atoms with Gasteiger partial charge in [0.05, 0.1) is 0 Å². The Morgan fingerprint density at radius 1 is 1.53 bits per heavy atom. The first-order valence-electron chi connectivity index (χ1n) is 6.71. The fourth-order valence-electron chi connectivity index (χ4n) is 2.56. The minimum Gasteiger partial charge on any atom is -0.340 e. The number of likely N-dealkylation sites (N-methyl/N-ethyl adjacent to an activating group) is 2. The van der Waals surface area contributed by atoms with Gasteiger partial charge < -0.3 is 9.80 Å². The van der Waals surface area contributed by atoms with Crippen LogP contribution in [0, 0.1) is 6.92 Å². The van der Waals surface area contributed by atoms with Crippen LogP contribution in [0.3, 0.4) is 0 Å². The molecule has 1 aromatic carbocycles. The highest BCUT2D eigenvalue weighted by Gasteiger charge is 2.24. The standard InChI is InChI=1S/C15H21BrN2O/c1-11-6-7-12(9-14(11)16)15(19)18(3)10-13-5-4-8-17(13)2/h6-7,9,13H,4-5,8,10H2,1-3H3. The van der Waals surface area contributed by atoms with Gasteiger partial charge in [-0.1, -0.05) is 22.0 Å². The van der Waals surface area contributed by atoms with Gasteiger partial charge in [0.25, 0.3) is 5.91 Å². The summed E-state index contributed by atoms with van der Waals surface area (Å²) in [5.74, 6) is 0.0981. The number of halogens is 1. The summed E-state index contributed by atoms with van der Waals surface area (Å²) in [7, 11) is 4.03. The minimum absolute atomic E-state index is 0.0981. The molecule has 1 heterocycles. The third-order valence-corrected chi connectivity index (χ3v) is 4.78. The Bertz CT molecular complexity index is 475. The molecule has 1 aromatic rings. The zero-order valence-corrected chi connectivity index (χ0v) is 13.4. The highest BCUT2D eigenvalue weighted by atomic mass is 79.9. The van der Waals surface area contributed by atoms with E-state index in [1.807, 2.05) is 37.1 Å². The molecule has 1 aliphatic heterocycles. The molecule has 3 nitrogen and oxygen atoms in total. The Kier molecular flexibility index (Phi) is 4.63. The van der Waals surface area contributed by atoms with Crippen molar-refractivity contribution in [2.75, 3.05) is 27.2 Å². The van der Waals surface area contributed by atoms with Crippen molar-refractivity contribution in [3.8, 4) is 0 Å². The zero-order chi connectivity index (χ0) is 14.0. The maximum absolute atomic E-state index is 12.4. The molecule has 0 radical (unpaired) electrons. The highest BCUT2D eigenvalue weighted by Crippen LogP contribution is 2.20.